The van der Waals surface area contributed by atoms with Crippen molar-refractivity contribution in [3.8, 4) is 5.75 Å². The van der Waals surface area contributed by atoms with Gasteiger partial charge in [0.15, 0.2) is 0 Å². The summed E-state index contributed by atoms with van der Waals surface area (Å²) in [5.74, 6) is 4.15. The number of fused-ring (bicyclic) bond motifs is 11. The van der Waals surface area contributed by atoms with Crippen LogP contribution in [-0.2, 0) is 10.2 Å². The molecule has 3 aliphatic heterocycles. The van der Waals surface area contributed by atoms with E-state index in [4.69, 9.17) is 9.47 Å². The lowest BCUT2D eigenvalue weighted by molar-refractivity contribution is -0.145. The van der Waals surface area contributed by atoms with Crippen LogP contribution in [0.5, 0.6) is 5.75 Å². The number of likely N-dealkylation sites (tertiary alicyclic amines) is 1. The van der Waals surface area contributed by atoms with Crippen molar-refractivity contribution in [3.05, 3.63) is 174 Å². The van der Waals surface area contributed by atoms with Gasteiger partial charge >= 0.3 is 0 Å². The van der Waals surface area contributed by atoms with Crippen molar-refractivity contribution in [1.82, 2.24) is 4.90 Å². The Balaban J connectivity index is 1.10. The molecule has 1 spiro atoms. The van der Waals surface area contributed by atoms with Crippen molar-refractivity contribution in [2.24, 2.45) is 40.9 Å². The van der Waals surface area contributed by atoms with Crippen molar-refractivity contribution in [3.63, 3.8) is 0 Å². The predicted molar refractivity (Wildman–Crippen MR) is 214 cm³/mol. The van der Waals surface area contributed by atoms with Crippen LogP contribution in [0.25, 0.3) is 0 Å². The fraction of sp³-hybridized carbons (Fsp3) is 0.400. The zero-order valence-electron chi connectivity index (χ0n) is 30.8. The molecule has 2 fully saturated rings. The van der Waals surface area contributed by atoms with Gasteiger partial charge in [-0.2, -0.15) is 0 Å². The van der Waals surface area contributed by atoms with E-state index < -0.39 is 0 Å². The molecule has 53 heavy (non-hydrogen) atoms. The average Bonchev–Trinajstić information content (AvgIpc) is 3.49. The summed E-state index contributed by atoms with van der Waals surface area (Å²) in [6.45, 7) is 2.49. The average molecular weight is 698 g/mol. The van der Waals surface area contributed by atoms with Gasteiger partial charge in [0.05, 0.1) is 24.3 Å². The Morgan fingerprint density at radius 2 is 1.70 bits per heavy atom. The Kier molecular flexibility index (Phi) is 7.49. The number of hydrogen-bond donors (Lipinski definition) is 0. The van der Waals surface area contributed by atoms with Crippen LogP contribution < -0.4 is 4.74 Å². The second kappa shape index (κ2) is 12.4. The summed E-state index contributed by atoms with van der Waals surface area (Å²) in [7, 11) is 0. The highest BCUT2D eigenvalue weighted by Crippen LogP contribution is 2.66. The Bertz CT molecular complexity index is 2080. The molecule has 11 rings (SSSR count). The third kappa shape index (κ3) is 4.62. The third-order valence-corrected chi connectivity index (χ3v) is 14.9. The van der Waals surface area contributed by atoms with Gasteiger partial charge in [-0.1, -0.05) is 134 Å². The van der Waals surface area contributed by atoms with Gasteiger partial charge in [-0.05, 0) is 86.1 Å². The van der Waals surface area contributed by atoms with E-state index in [1.807, 2.05) is 0 Å². The van der Waals surface area contributed by atoms with Crippen LogP contribution in [0.3, 0.4) is 0 Å². The van der Waals surface area contributed by atoms with Gasteiger partial charge in [0.2, 0.25) is 0 Å². The fourth-order valence-corrected chi connectivity index (χ4v) is 12.7. The molecular formula is C50H51NO2. The lowest BCUT2D eigenvalue weighted by Crippen LogP contribution is -2.64. The molecule has 7 aliphatic carbocycles. The van der Waals surface area contributed by atoms with Gasteiger partial charge in [-0.3, -0.25) is 0 Å². The minimum atomic E-state index is -0.249. The van der Waals surface area contributed by atoms with E-state index in [1.165, 1.54) is 41.7 Å². The predicted octanol–water partition coefficient (Wildman–Crippen LogP) is 10.7. The van der Waals surface area contributed by atoms with Crippen molar-refractivity contribution in [2.75, 3.05) is 0 Å². The van der Waals surface area contributed by atoms with E-state index in [-0.39, 0.29) is 52.9 Å². The molecule has 0 radical (unpaired) electrons. The summed E-state index contributed by atoms with van der Waals surface area (Å²) >= 11 is 0. The van der Waals surface area contributed by atoms with Crippen molar-refractivity contribution >= 4 is 0 Å². The first kappa shape index (κ1) is 32.1. The Hall–Kier alpha value is -4.34. The molecule has 1 aromatic carbocycles. The first-order valence-electron chi connectivity index (χ1n) is 20.6. The number of ether oxygens (including phenoxy) is 2. The van der Waals surface area contributed by atoms with E-state index in [0.29, 0.717) is 17.8 Å². The number of rotatable bonds is 3. The number of nitrogens with zero attached hydrogens (tertiary/aromatic N) is 1. The number of allylic oxidation sites excluding steroid dienone is 16. The van der Waals surface area contributed by atoms with Crippen LogP contribution in [0, 0.1) is 40.9 Å². The van der Waals surface area contributed by atoms with E-state index in [1.54, 1.807) is 0 Å². The van der Waals surface area contributed by atoms with E-state index in [9.17, 15) is 0 Å². The molecule has 12 atom stereocenters. The van der Waals surface area contributed by atoms with Crippen molar-refractivity contribution in [2.45, 2.75) is 81.6 Å². The SMILES string of the molecule is CC12C=CC=CC1N(C1=CCCC=C1)C1C(C3=CC=CC4OC5CC(C6C=CCCC6)C=CC5C5(c6ccccc6OC6=CC=CCC65)C34)=CC=CC12. The molecule has 12 unspecified atom stereocenters. The van der Waals surface area contributed by atoms with Gasteiger partial charge in [0.1, 0.15) is 11.5 Å². The number of benzene rings is 1. The third-order valence-electron chi connectivity index (χ3n) is 14.9. The van der Waals surface area contributed by atoms with Crippen LogP contribution in [-0.4, -0.2) is 29.2 Å². The second-order valence-corrected chi connectivity index (χ2v) is 17.3. The highest BCUT2D eigenvalue weighted by Gasteiger charge is 2.66. The molecule has 1 aromatic rings. The molecule has 0 N–H and O–H groups in total. The van der Waals surface area contributed by atoms with Gasteiger partial charge < -0.3 is 14.4 Å². The first-order chi connectivity index (χ1) is 26.2. The van der Waals surface area contributed by atoms with Gasteiger partial charge in [0.25, 0.3) is 0 Å². The van der Waals surface area contributed by atoms with Crippen LogP contribution >= 0.6 is 0 Å². The molecule has 0 aromatic heterocycles. The van der Waals surface area contributed by atoms with Crippen LogP contribution in [0.1, 0.15) is 57.4 Å². The zero-order valence-corrected chi connectivity index (χ0v) is 30.8. The van der Waals surface area contributed by atoms with Gasteiger partial charge in [-0.25, -0.2) is 0 Å². The summed E-state index contributed by atoms with van der Waals surface area (Å²) < 4.78 is 14.4. The lowest BCUT2D eigenvalue weighted by atomic mass is 9.46. The molecule has 3 heterocycles. The maximum Gasteiger partial charge on any atom is 0.130 e. The summed E-state index contributed by atoms with van der Waals surface area (Å²) in [5, 5.41) is 0. The summed E-state index contributed by atoms with van der Waals surface area (Å²) in [5.41, 5.74) is 5.39. The molecule has 0 saturated carbocycles. The van der Waals surface area contributed by atoms with Crippen LogP contribution in [0.4, 0.5) is 0 Å². The molecular weight excluding hydrogens is 647 g/mol. The summed E-state index contributed by atoms with van der Waals surface area (Å²) in [4.78, 5) is 2.79. The Morgan fingerprint density at radius 1 is 0.774 bits per heavy atom. The molecule has 10 aliphatic rings. The van der Waals surface area contributed by atoms with Gasteiger partial charge in [0, 0.05) is 45.8 Å². The van der Waals surface area contributed by atoms with E-state index >= 15 is 0 Å². The quantitative estimate of drug-likeness (QED) is 0.294. The monoisotopic (exact) mass is 697 g/mol. The highest BCUT2D eigenvalue weighted by molar-refractivity contribution is 5.59. The molecule has 3 heteroatoms. The fourth-order valence-electron chi connectivity index (χ4n) is 12.7. The van der Waals surface area contributed by atoms with Crippen molar-refractivity contribution < 1.29 is 9.47 Å². The van der Waals surface area contributed by atoms with Gasteiger partial charge in [-0.15, -0.1) is 0 Å². The molecule has 0 amide bonds. The first-order valence-corrected chi connectivity index (χ1v) is 20.6. The zero-order chi connectivity index (χ0) is 35.1. The minimum absolute atomic E-state index is 0.0120. The molecule has 0 bridgehead atoms. The topological polar surface area (TPSA) is 21.7 Å². The van der Waals surface area contributed by atoms with E-state index in [0.717, 1.165) is 37.2 Å². The Labute approximate surface area is 315 Å². The largest absolute Gasteiger partial charge is 0.461 e. The molecule has 2 saturated heterocycles. The maximum absolute atomic E-state index is 7.54. The highest BCUT2D eigenvalue weighted by atomic mass is 16.5. The number of hydrogen-bond acceptors (Lipinski definition) is 3. The minimum Gasteiger partial charge on any atom is -0.461 e. The Morgan fingerprint density at radius 3 is 2.60 bits per heavy atom. The summed E-state index contributed by atoms with van der Waals surface area (Å²) in [6, 6.07) is 9.54. The van der Waals surface area contributed by atoms with Crippen LogP contribution in [0.15, 0.2) is 168 Å². The summed E-state index contributed by atoms with van der Waals surface area (Å²) in [6.07, 6.45) is 56.5. The van der Waals surface area contributed by atoms with E-state index in [2.05, 4.69) is 158 Å². The maximum atomic E-state index is 7.54. The number of para-hydroxylation sites is 1. The second-order valence-electron chi connectivity index (χ2n) is 17.3. The molecule has 268 valence electrons. The molecule has 3 nitrogen and oxygen atoms in total. The van der Waals surface area contributed by atoms with Crippen LogP contribution in [0.2, 0.25) is 0 Å². The smallest absolute Gasteiger partial charge is 0.130 e. The lowest BCUT2D eigenvalue weighted by Gasteiger charge is -2.62. The normalized spacial score (nSPS) is 42.3. The standard InChI is InChI=1S/C50H51NO2/c1-49-31-13-12-28-46(49)51(35-18-6-3-7-19-35)48-37(21-14-24-41(48)49)36-20-15-27-44-47(36)50(38-22-8-10-25-42(38)52-43-26-11-9-23-39(43)50)40-30-29-34(32-45(40)53-44)33-16-4-2-5-17-33/h4,6,8-16,18-22,24-31,33-34,39-41,44-48H,2-3,5,7,17,23,32H2,1H3. The van der Waals surface area contributed by atoms with Crippen molar-refractivity contribution in [1.29, 1.82) is 0 Å².